The summed E-state index contributed by atoms with van der Waals surface area (Å²) in [7, 11) is -3.13. The molecule has 2 heterocycles. The van der Waals surface area contributed by atoms with Gasteiger partial charge in [-0.05, 0) is 31.7 Å². The molecule has 2 aliphatic rings. The maximum absolute atomic E-state index is 12.4. The number of hydrogen-bond donors (Lipinski definition) is 1. The van der Waals surface area contributed by atoms with Gasteiger partial charge >= 0.3 is 0 Å². The van der Waals surface area contributed by atoms with Crippen molar-refractivity contribution in [3.8, 4) is 0 Å². The molecule has 3 rings (SSSR count). The van der Waals surface area contributed by atoms with Gasteiger partial charge in [-0.1, -0.05) is 30.3 Å². The van der Waals surface area contributed by atoms with E-state index in [1.807, 2.05) is 37.3 Å². The van der Waals surface area contributed by atoms with Crippen LogP contribution in [0.15, 0.2) is 35.3 Å². The average molecular weight is 551 g/mol. The number of guanidine groups is 1. The maximum Gasteiger partial charge on any atom is 0.194 e. The van der Waals surface area contributed by atoms with Gasteiger partial charge in [0.05, 0.1) is 24.2 Å². The predicted molar refractivity (Wildman–Crippen MR) is 130 cm³/mol. The van der Waals surface area contributed by atoms with E-state index in [1.165, 1.54) is 0 Å². The van der Waals surface area contributed by atoms with Crippen molar-refractivity contribution in [3.63, 3.8) is 0 Å². The molecule has 2 unspecified atom stereocenters. The second kappa shape index (κ2) is 12.8. The molecule has 1 aromatic rings. The van der Waals surface area contributed by atoms with Crippen molar-refractivity contribution >= 4 is 39.8 Å². The van der Waals surface area contributed by atoms with Gasteiger partial charge in [0.2, 0.25) is 0 Å². The fraction of sp³-hybridized carbons (Fsp3) is 0.667. The Morgan fingerprint density at radius 2 is 1.97 bits per heavy atom. The second-order valence-corrected chi connectivity index (χ2v) is 9.76. The highest BCUT2D eigenvalue weighted by Crippen LogP contribution is 2.21. The summed E-state index contributed by atoms with van der Waals surface area (Å²) in [5.74, 6) is 1.07. The Bertz CT molecular complexity index is 755. The van der Waals surface area contributed by atoms with E-state index in [9.17, 15) is 8.42 Å². The fourth-order valence-electron chi connectivity index (χ4n) is 3.78. The van der Waals surface area contributed by atoms with Crippen LogP contribution in [0.2, 0.25) is 0 Å². The number of rotatable bonds is 8. The summed E-state index contributed by atoms with van der Waals surface area (Å²) in [6.45, 7) is 6.30. The predicted octanol–water partition coefficient (Wildman–Crippen LogP) is 2.45. The molecule has 0 bridgehead atoms. The Hall–Kier alpha value is -0.910. The standard InChI is InChI=1S/C21H33N3O4S.HI/c1-2-22-21(24-12-14-28-20(16-24)19-10-6-13-27-19)23-11-7-15-29(25,26)17-18-8-4-3-5-9-18;/h3-5,8-9,19-20H,2,6-7,10-17H2,1H3,(H,22,23);1H. The van der Waals surface area contributed by atoms with Crippen molar-refractivity contribution in [1.82, 2.24) is 10.2 Å². The molecule has 0 aliphatic carbocycles. The highest BCUT2D eigenvalue weighted by molar-refractivity contribution is 14.0. The number of nitrogens with one attached hydrogen (secondary N) is 1. The number of morpholine rings is 1. The summed E-state index contributed by atoms with van der Waals surface area (Å²) in [5.41, 5.74) is 0.831. The van der Waals surface area contributed by atoms with Gasteiger partial charge in [-0.25, -0.2) is 8.42 Å². The molecule has 7 nitrogen and oxygen atoms in total. The van der Waals surface area contributed by atoms with Gasteiger partial charge in [-0.2, -0.15) is 0 Å². The Balaban J connectivity index is 0.00000320. The monoisotopic (exact) mass is 551 g/mol. The number of hydrogen-bond acceptors (Lipinski definition) is 5. The molecule has 0 radical (unpaired) electrons. The van der Waals surface area contributed by atoms with E-state index < -0.39 is 9.84 Å². The van der Waals surface area contributed by atoms with E-state index in [2.05, 4.69) is 15.2 Å². The van der Waals surface area contributed by atoms with E-state index in [-0.39, 0.29) is 47.7 Å². The minimum absolute atomic E-state index is 0. The third-order valence-corrected chi connectivity index (χ3v) is 6.90. The van der Waals surface area contributed by atoms with E-state index >= 15 is 0 Å². The van der Waals surface area contributed by atoms with Crippen molar-refractivity contribution in [3.05, 3.63) is 35.9 Å². The largest absolute Gasteiger partial charge is 0.375 e. The van der Waals surface area contributed by atoms with Crippen LogP contribution in [0.1, 0.15) is 31.7 Å². The van der Waals surface area contributed by atoms with Crippen molar-refractivity contribution in [1.29, 1.82) is 0 Å². The summed E-state index contributed by atoms with van der Waals surface area (Å²) in [6.07, 6.45) is 2.90. The fourth-order valence-corrected chi connectivity index (χ4v) is 5.20. The number of ether oxygens (including phenoxy) is 2. The molecule has 2 fully saturated rings. The molecule has 2 atom stereocenters. The third-order valence-electron chi connectivity index (χ3n) is 5.21. The molecule has 0 amide bonds. The first kappa shape index (κ1) is 25.4. The highest BCUT2D eigenvalue weighted by Gasteiger charge is 2.32. The first-order valence-electron chi connectivity index (χ1n) is 10.6. The molecule has 0 aromatic heterocycles. The molecule has 2 aliphatic heterocycles. The molecular formula is C21H34IN3O4S. The maximum atomic E-state index is 12.4. The summed E-state index contributed by atoms with van der Waals surface area (Å²) in [4.78, 5) is 6.89. The lowest BCUT2D eigenvalue weighted by molar-refractivity contribution is -0.0817. The van der Waals surface area contributed by atoms with Gasteiger partial charge in [0, 0.05) is 32.8 Å². The van der Waals surface area contributed by atoms with Crippen LogP contribution >= 0.6 is 24.0 Å². The molecule has 0 spiro atoms. The minimum atomic E-state index is -3.13. The second-order valence-electron chi connectivity index (χ2n) is 7.57. The zero-order valence-electron chi connectivity index (χ0n) is 17.7. The quantitative estimate of drug-likeness (QED) is 0.232. The number of sulfone groups is 1. The normalized spacial score (nSPS) is 22.6. The first-order chi connectivity index (χ1) is 14.1. The van der Waals surface area contributed by atoms with Crippen LogP contribution < -0.4 is 5.32 Å². The van der Waals surface area contributed by atoms with E-state index in [0.717, 1.165) is 50.6 Å². The van der Waals surface area contributed by atoms with Crippen molar-refractivity contribution in [2.75, 3.05) is 45.1 Å². The Morgan fingerprint density at radius 3 is 2.67 bits per heavy atom. The molecular weight excluding hydrogens is 517 g/mol. The summed E-state index contributed by atoms with van der Waals surface area (Å²) in [5, 5.41) is 3.33. The van der Waals surface area contributed by atoms with E-state index in [1.54, 1.807) is 0 Å². The van der Waals surface area contributed by atoms with E-state index in [0.29, 0.717) is 19.6 Å². The molecule has 170 valence electrons. The summed E-state index contributed by atoms with van der Waals surface area (Å²) in [6, 6.07) is 9.32. The third kappa shape index (κ3) is 7.97. The lowest BCUT2D eigenvalue weighted by Crippen LogP contribution is -2.53. The smallest absolute Gasteiger partial charge is 0.194 e. The van der Waals surface area contributed by atoms with Crippen LogP contribution in [-0.4, -0.2) is 76.6 Å². The van der Waals surface area contributed by atoms with Crippen LogP contribution in [0.25, 0.3) is 0 Å². The molecule has 30 heavy (non-hydrogen) atoms. The molecule has 0 saturated carbocycles. The Kier molecular flexibility index (Phi) is 10.8. The lowest BCUT2D eigenvalue weighted by Gasteiger charge is -2.37. The number of aliphatic imine (C=N–C) groups is 1. The van der Waals surface area contributed by atoms with Gasteiger partial charge in [0.25, 0.3) is 0 Å². The summed E-state index contributed by atoms with van der Waals surface area (Å²) >= 11 is 0. The zero-order valence-corrected chi connectivity index (χ0v) is 20.8. The highest BCUT2D eigenvalue weighted by atomic mass is 127. The Labute approximate surface area is 197 Å². The van der Waals surface area contributed by atoms with Crippen molar-refractivity contribution in [2.45, 2.75) is 44.1 Å². The zero-order chi connectivity index (χ0) is 20.5. The summed E-state index contributed by atoms with van der Waals surface area (Å²) < 4.78 is 36.4. The van der Waals surface area contributed by atoms with Crippen molar-refractivity contribution in [2.24, 2.45) is 4.99 Å². The van der Waals surface area contributed by atoms with Crippen molar-refractivity contribution < 1.29 is 17.9 Å². The lowest BCUT2D eigenvalue weighted by atomic mass is 10.1. The van der Waals surface area contributed by atoms with Gasteiger partial charge in [0.15, 0.2) is 15.8 Å². The SMILES string of the molecule is CCNC(=NCCCS(=O)(=O)Cc1ccccc1)N1CCOC(C2CCCO2)C1.I. The Morgan fingerprint density at radius 1 is 1.20 bits per heavy atom. The van der Waals surface area contributed by atoms with Gasteiger partial charge in [0.1, 0.15) is 6.10 Å². The van der Waals surface area contributed by atoms with Gasteiger partial charge in [-0.3, -0.25) is 4.99 Å². The molecule has 9 heteroatoms. The van der Waals surface area contributed by atoms with Gasteiger partial charge < -0.3 is 19.7 Å². The molecule has 1 N–H and O–H groups in total. The van der Waals surface area contributed by atoms with Crippen LogP contribution in [0.3, 0.4) is 0 Å². The van der Waals surface area contributed by atoms with Crippen LogP contribution in [-0.2, 0) is 25.1 Å². The minimum Gasteiger partial charge on any atom is -0.375 e. The average Bonchev–Trinajstić information content (AvgIpc) is 3.26. The van der Waals surface area contributed by atoms with Gasteiger partial charge in [-0.15, -0.1) is 24.0 Å². The number of halogens is 1. The molecule has 1 aromatic carbocycles. The first-order valence-corrected chi connectivity index (χ1v) is 12.4. The van der Waals surface area contributed by atoms with Crippen LogP contribution in [0, 0.1) is 0 Å². The van der Waals surface area contributed by atoms with Crippen LogP contribution in [0.5, 0.6) is 0 Å². The molecule has 2 saturated heterocycles. The number of benzene rings is 1. The topological polar surface area (TPSA) is 80.2 Å². The van der Waals surface area contributed by atoms with Crippen LogP contribution in [0.4, 0.5) is 0 Å². The van der Waals surface area contributed by atoms with E-state index in [4.69, 9.17) is 9.47 Å². The number of nitrogens with zero attached hydrogens (tertiary/aromatic N) is 2.